The van der Waals surface area contributed by atoms with Gasteiger partial charge >= 0.3 is 0 Å². The molecule has 0 saturated heterocycles. The van der Waals surface area contributed by atoms with Crippen molar-refractivity contribution in [2.24, 2.45) is 0 Å². The maximum atomic E-state index is 12.0. The Labute approximate surface area is 132 Å². The summed E-state index contributed by atoms with van der Waals surface area (Å²) < 4.78 is 0. The summed E-state index contributed by atoms with van der Waals surface area (Å²) in [7, 11) is 0. The third kappa shape index (κ3) is 4.10. The molecule has 2 rings (SSSR count). The van der Waals surface area contributed by atoms with E-state index in [1.807, 2.05) is 31.2 Å². The summed E-state index contributed by atoms with van der Waals surface area (Å²) in [6, 6.07) is 12.2. The van der Waals surface area contributed by atoms with Crippen LogP contribution in [0.15, 0.2) is 36.4 Å². The zero-order chi connectivity index (χ0) is 16.1. The normalized spacial score (nSPS) is 10.4. The smallest absolute Gasteiger partial charge is 0.226 e. The zero-order valence-corrected chi connectivity index (χ0v) is 13.8. The molecule has 2 aromatic rings. The number of carbonyl (C=O) groups is 1. The maximum Gasteiger partial charge on any atom is 0.226 e. The van der Waals surface area contributed by atoms with Gasteiger partial charge < -0.3 is 10.6 Å². The molecule has 0 saturated carbocycles. The minimum absolute atomic E-state index is 0.0296. The summed E-state index contributed by atoms with van der Waals surface area (Å²) in [5, 5.41) is 6.30. The third-order valence-electron chi connectivity index (χ3n) is 3.93. The van der Waals surface area contributed by atoms with Gasteiger partial charge in [-0.3, -0.25) is 4.79 Å². The number of anilines is 2. The molecule has 0 aliphatic heterocycles. The first-order valence-electron chi connectivity index (χ1n) is 7.64. The van der Waals surface area contributed by atoms with E-state index in [2.05, 4.69) is 43.5 Å². The fourth-order valence-electron chi connectivity index (χ4n) is 2.44. The molecule has 0 heterocycles. The number of carbonyl (C=O) groups excluding carboxylic acids is 1. The summed E-state index contributed by atoms with van der Waals surface area (Å²) in [6.07, 6.45) is 0.445. The second-order valence-corrected chi connectivity index (χ2v) is 5.79. The molecule has 2 N–H and O–H groups in total. The van der Waals surface area contributed by atoms with Crippen LogP contribution in [0.2, 0.25) is 0 Å². The fraction of sp³-hybridized carbons (Fsp3) is 0.316. The Kier molecular flexibility index (Phi) is 5.21. The molecular formula is C19H24N2O. The quantitative estimate of drug-likeness (QED) is 0.860. The first-order chi connectivity index (χ1) is 10.5. The van der Waals surface area contributed by atoms with Crippen LogP contribution in [0.3, 0.4) is 0 Å². The van der Waals surface area contributed by atoms with Crippen molar-refractivity contribution in [3.8, 4) is 0 Å². The highest BCUT2D eigenvalue weighted by Gasteiger charge is 2.05. The summed E-state index contributed by atoms with van der Waals surface area (Å²) in [5.74, 6) is 0.0296. The van der Waals surface area contributed by atoms with Crippen molar-refractivity contribution in [2.45, 2.75) is 34.1 Å². The Morgan fingerprint density at radius 1 is 0.909 bits per heavy atom. The van der Waals surface area contributed by atoms with Gasteiger partial charge in [-0.2, -0.15) is 0 Å². The Bertz CT molecular complexity index is 657. The molecule has 0 aliphatic carbocycles. The second kappa shape index (κ2) is 7.12. The van der Waals surface area contributed by atoms with Crippen molar-refractivity contribution in [3.63, 3.8) is 0 Å². The Balaban J connectivity index is 1.86. The highest BCUT2D eigenvalue weighted by atomic mass is 16.1. The van der Waals surface area contributed by atoms with Crippen molar-refractivity contribution in [1.82, 2.24) is 0 Å². The zero-order valence-electron chi connectivity index (χ0n) is 13.8. The van der Waals surface area contributed by atoms with Gasteiger partial charge in [0, 0.05) is 24.3 Å². The van der Waals surface area contributed by atoms with E-state index in [1.165, 1.54) is 22.3 Å². The number of hydrogen-bond donors (Lipinski definition) is 2. The van der Waals surface area contributed by atoms with Gasteiger partial charge in [0.2, 0.25) is 5.91 Å². The molecule has 2 aromatic carbocycles. The van der Waals surface area contributed by atoms with Crippen LogP contribution in [0.4, 0.5) is 11.4 Å². The lowest BCUT2D eigenvalue weighted by molar-refractivity contribution is -0.115. The number of hydrogen-bond acceptors (Lipinski definition) is 2. The molecule has 0 bridgehead atoms. The van der Waals surface area contributed by atoms with Gasteiger partial charge in [-0.15, -0.1) is 0 Å². The number of rotatable bonds is 5. The number of amides is 1. The molecule has 0 aliphatic rings. The van der Waals surface area contributed by atoms with Crippen LogP contribution in [-0.4, -0.2) is 12.5 Å². The molecule has 0 aromatic heterocycles. The van der Waals surface area contributed by atoms with E-state index in [1.54, 1.807) is 0 Å². The Morgan fingerprint density at radius 2 is 1.59 bits per heavy atom. The molecule has 0 radical (unpaired) electrons. The molecule has 1 amide bonds. The van der Waals surface area contributed by atoms with Crippen molar-refractivity contribution < 1.29 is 4.79 Å². The van der Waals surface area contributed by atoms with Gasteiger partial charge in [0.25, 0.3) is 0 Å². The largest absolute Gasteiger partial charge is 0.384 e. The molecular weight excluding hydrogens is 272 g/mol. The van der Waals surface area contributed by atoms with Crippen LogP contribution in [-0.2, 0) is 4.79 Å². The predicted molar refractivity (Wildman–Crippen MR) is 93.6 cm³/mol. The summed E-state index contributed by atoms with van der Waals surface area (Å²) in [6.45, 7) is 8.89. The first-order valence-corrected chi connectivity index (χ1v) is 7.64. The van der Waals surface area contributed by atoms with Crippen LogP contribution in [0.1, 0.15) is 28.7 Å². The van der Waals surface area contributed by atoms with Crippen molar-refractivity contribution in [3.05, 3.63) is 58.7 Å². The van der Waals surface area contributed by atoms with Crippen LogP contribution in [0.25, 0.3) is 0 Å². The third-order valence-corrected chi connectivity index (χ3v) is 3.93. The van der Waals surface area contributed by atoms with Crippen molar-refractivity contribution >= 4 is 17.3 Å². The molecule has 22 heavy (non-hydrogen) atoms. The average Bonchev–Trinajstić information content (AvgIpc) is 2.46. The molecule has 0 fully saturated rings. The molecule has 3 nitrogen and oxygen atoms in total. The molecule has 3 heteroatoms. The lowest BCUT2D eigenvalue weighted by Crippen LogP contribution is -2.17. The molecule has 116 valence electrons. The first kappa shape index (κ1) is 16.1. The summed E-state index contributed by atoms with van der Waals surface area (Å²) in [4.78, 5) is 12.0. The van der Waals surface area contributed by atoms with E-state index in [0.717, 1.165) is 11.4 Å². The van der Waals surface area contributed by atoms with E-state index in [-0.39, 0.29) is 5.91 Å². The van der Waals surface area contributed by atoms with E-state index >= 15 is 0 Å². The van der Waals surface area contributed by atoms with Gasteiger partial charge in [0.15, 0.2) is 0 Å². The number of aryl methyl sites for hydroxylation is 4. The van der Waals surface area contributed by atoms with Crippen molar-refractivity contribution in [1.29, 1.82) is 0 Å². The highest BCUT2D eigenvalue weighted by Crippen LogP contribution is 2.19. The van der Waals surface area contributed by atoms with Gasteiger partial charge in [0.05, 0.1) is 0 Å². The van der Waals surface area contributed by atoms with Crippen molar-refractivity contribution in [2.75, 3.05) is 17.2 Å². The summed E-state index contributed by atoms with van der Waals surface area (Å²) in [5.41, 5.74) is 6.81. The highest BCUT2D eigenvalue weighted by molar-refractivity contribution is 5.91. The Morgan fingerprint density at radius 3 is 2.23 bits per heavy atom. The van der Waals surface area contributed by atoms with Gasteiger partial charge in [-0.25, -0.2) is 0 Å². The van der Waals surface area contributed by atoms with Gasteiger partial charge in [0.1, 0.15) is 0 Å². The summed E-state index contributed by atoms with van der Waals surface area (Å²) >= 11 is 0. The SMILES string of the molecule is Cc1ccc(NC(=O)CCNc2c(C)cccc2C)cc1C. The lowest BCUT2D eigenvalue weighted by atomic mass is 10.1. The van der Waals surface area contributed by atoms with E-state index in [9.17, 15) is 4.79 Å². The van der Waals surface area contributed by atoms with E-state index in [4.69, 9.17) is 0 Å². The molecule has 0 unspecified atom stereocenters. The van der Waals surface area contributed by atoms with E-state index < -0.39 is 0 Å². The average molecular weight is 296 g/mol. The number of nitrogens with one attached hydrogen (secondary N) is 2. The minimum atomic E-state index is 0.0296. The molecule has 0 atom stereocenters. The van der Waals surface area contributed by atoms with E-state index in [0.29, 0.717) is 13.0 Å². The van der Waals surface area contributed by atoms with Crippen LogP contribution in [0.5, 0.6) is 0 Å². The van der Waals surface area contributed by atoms with Crippen LogP contribution in [0, 0.1) is 27.7 Å². The number of para-hydroxylation sites is 1. The monoisotopic (exact) mass is 296 g/mol. The number of benzene rings is 2. The lowest BCUT2D eigenvalue weighted by Gasteiger charge is -2.12. The topological polar surface area (TPSA) is 41.1 Å². The van der Waals surface area contributed by atoms with Gasteiger partial charge in [-0.05, 0) is 62.1 Å². The van der Waals surface area contributed by atoms with Crippen LogP contribution < -0.4 is 10.6 Å². The van der Waals surface area contributed by atoms with Crippen LogP contribution >= 0.6 is 0 Å². The minimum Gasteiger partial charge on any atom is -0.384 e. The van der Waals surface area contributed by atoms with Gasteiger partial charge in [-0.1, -0.05) is 24.3 Å². The standard InChI is InChI=1S/C19H24N2O/c1-13-8-9-17(12-16(13)4)21-18(22)10-11-20-19-14(2)6-5-7-15(19)3/h5-9,12,20H,10-11H2,1-4H3,(H,21,22). The maximum absolute atomic E-state index is 12.0. The Hall–Kier alpha value is -2.29. The molecule has 0 spiro atoms. The fourth-order valence-corrected chi connectivity index (χ4v) is 2.44. The predicted octanol–water partition coefficient (Wildman–Crippen LogP) is 4.36. The second-order valence-electron chi connectivity index (χ2n) is 5.79.